The van der Waals surface area contributed by atoms with E-state index >= 15 is 0 Å². The molecule has 256 valence electrons. The van der Waals surface area contributed by atoms with Gasteiger partial charge in [0, 0.05) is 25.2 Å². The molecule has 0 bridgehead atoms. The van der Waals surface area contributed by atoms with Crippen LogP contribution in [0.3, 0.4) is 0 Å². The SMILES string of the molecule is COc1cc(C(=O)N2CO[C@](CCN3CCC(C(=O)N4CCCC4)(c4ccccc4)CC3)(c3ccc(Cl)c(Cl)c3)C2)cc(OC)c1OC. The highest BCUT2D eigenvalue weighted by atomic mass is 35.5. The summed E-state index contributed by atoms with van der Waals surface area (Å²) in [6.07, 6.45) is 4.25. The summed E-state index contributed by atoms with van der Waals surface area (Å²) < 4.78 is 23.0. The number of halogens is 2. The van der Waals surface area contributed by atoms with E-state index in [2.05, 4.69) is 21.9 Å². The van der Waals surface area contributed by atoms with Crippen LogP contribution < -0.4 is 14.2 Å². The first kappa shape index (κ1) is 34.4. The molecule has 3 aliphatic rings. The lowest BCUT2D eigenvalue weighted by Gasteiger charge is -2.43. The molecule has 1 atom stereocenters. The second kappa shape index (κ2) is 14.5. The fourth-order valence-corrected chi connectivity index (χ4v) is 7.77. The van der Waals surface area contributed by atoms with Crippen molar-refractivity contribution in [3.63, 3.8) is 0 Å². The van der Waals surface area contributed by atoms with E-state index in [1.165, 1.54) is 21.3 Å². The minimum atomic E-state index is -0.816. The average molecular weight is 697 g/mol. The number of hydrogen-bond acceptors (Lipinski definition) is 7. The van der Waals surface area contributed by atoms with Gasteiger partial charge in [-0.1, -0.05) is 59.6 Å². The van der Waals surface area contributed by atoms with Crippen LogP contribution in [-0.4, -0.2) is 93.8 Å². The van der Waals surface area contributed by atoms with E-state index in [-0.39, 0.29) is 18.5 Å². The number of hydrogen-bond donors (Lipinski definition) is 0. The maximum Gasteiger partial charge on any atom is 0.256 e. The number of benzene rings is 3. The summed E-state index contributed by atoms with van der Waals surface area (Å²) in [6, 6.07) is 19.1. The minimum Gasteiger partial charge on any atom is -0.493 e. The molecule has 3 saturated heterocycles. The molecule has 9 nitrogen and oxygen atoms in total. The van der Waals surface area contributed by atoms with Gasteiger partial charge in [-0.2, -0.15) is 0 Å². The molecule has 0 unspecified atom stereocenters. The van der Waals surface area contributed by atoms with Gasteiger partial charge in [-0.05, 0) is 80.6 Å². The Labute approximate surface area is 292 Å². The Morgan fingerprint density at radius 1 is 0.792 bits per heavy atom. The molecule has 0 N–H and O–H groups in total. The fraction of sp³-hybridized carbons (Fsp3) is 0.459. The summed E-state index contributed by atoms with van der Waals surface area (Å²) in [5.74, 6) is 1.26. The van der Waals surface area contributed by atoms with Crippen molar-refractivity contribution in [1.29, 1.82) is 0 Å². The molecular formula is C37H43Cl2N3O6. The molecular weight excluding hydrogens is 653 g/mol. The summed E-state index contributed by atoms with van der Waals surface area (Å²) in [5, 5.41) is 0.882. The van der Waals surface area contributed by atoms with E-state index in [1.807, 2.05) is 30.3 Å². The summed E-state index contributed by atoms with van der Waals surface area (Å²) >= 11 is 12.8. The van der Waals surface area contributed by atoms with E-state index in [4.69, 9.17) is 42.1 Å². The van der Waals surface area contributed by atoms with Gasteiger partial charge in [0.05, 0.1) is 43.3 Å². The lowest BCUT2D eigenvalue weighted by Crippen LogP contribution is -2.53. The van der Waals surface area contributed by atoms with Crippen molar-refractivity contribution in [2.24, 2.45) is 0 Å². The van der Waals surface area contributed by atoms with Gasteiger partial charge in [0.15, 0.2) is 11.5 Å². The van der Waals surface area contributed by atoms with Crippen LogP contribution in [-0.2, 0) is 20.5 Å². The largest absolute Gasteiger partial charge is 0.493 e. The lowest BCUT2D eigenvalue weighted by atomic mass is 9.71. The average Bonchev–Trinajstić information content (AvgIpc) is 3.83. The van der Waals surface area contributed by atoms with E-state index in [0.29, 0.717) is 45.8 Å². The lowest BCUT2D eigenvalue weighted by molar-refractivity contribution is -0.138. The van der Waals surface area contributed by atoms with Crippen LogP contribution in [0.2, 0.25) is 10.0 Å². The molecule has 11 heteroatoms. The first-order valence-electron chi connectivity index (χ1n) is 16.5. The quantitative estimate of drug-likeness (QED) is 0.243. The van der Waals surface area contributed by atoms with Crippen molar-refractivity contribution in [3.8, 4) is 17.2 Å². The number of methoxy groups -OCH3 is 3. The molecule has 2 amide bonds. The molecule has 3 aliphatic heterocycles. The van der Waals surface area contributed by atoms with Gasteiger partial charge in [-0.25, -0.2) is 0 Å². The number of nitrogens with zero attached hydrogens (tertiary/aromatic N) is 3. The Bertz CT molecular complexity index is 1600. The maximum absolute atomic E-state index is 14.0. The third-order valence-corrected chi connectivity index (χ3v) is 11.0. The highest BCUT2D eigenvalue weighted by Gasteiger charge is 2.47. The number of rotatable bonds is 10. The number of amides is 2. The van der Waals surface area contributed by atoms with Gasteiger partial charge in [-0.15, -0.1) is 0 Å². The molecule has 3 heterocycles. The second-order valence-electron chi connectivity index (χ2n) is 12.9. The van der Waals surface area contributed by atoms with Crippen LogP contribution in [0.15, 0.2) is 60.7 Å². The van der Waals surface area contributed by atoms with E-state index in [0.717, 1.165) is 69.5 Å². The van der Waals surface area contributed by atoms with Crippen molar-refractivity contribution in [2.75, 3.05) is 67.3 Å². The third-order valence-electron chi connectivity index (χ3n) is 10.3. The Morgan fingerprint density at radius 3 is 2.06 bits per heavy atom. The maximum atomic E-state index is 14.0. The summed E-state index contributed by atoms with van der Waals surface area (Å²) in [7, 11) is 4.57. The standard InChI is InChI=1S/C37H43Cl2N3O6/c1-45-31-21-26(22-32(46-2)33(31)47-3)34(43)42-24-37(48-25-42,28-11-12-29(38)30(39)23-28)15-20-40-18-13-36(14-19-40,27-9-5-4-6-10-27)35(44)41-16-7-8-17-41/h4-6,9-12,21-23H,7-8,13-20,24-25H2,1-3H3/t37-/m0/s1. The summed E-state index contributed by atoms with van der Waals surface area (Å²) in [6.45, 7) is 4.36. The normalized spacial score (nSPS) is 20.9. The Morgan fingerprint density at radius 2 is 1.46 bits per heavy atom. The summed E-state index contributed by atoms with van der Waals surface area (Å²) in [4.78, 5) is 34.1. The van der Waals surface area contributed by atoms with Crippen LogP contribution in [0, 0.1) is 0 Å². The van der Waals surface area contributed by atoms with Crippen molar-refractivity contribution >= 4 is 35.0 Å². The highest BCUT2D eigenvalue weighted by molar-refractivity contribution is 6.42. The molecule has 0 aliphatic carbocycles. The van der Waals surface area contributed by atoms with Crippen LogP contribution >= 0.6 is 23.2 Å². The second-order valence-corrected chi connectivity index (χ2v) is 13.7. The van der Waals surface area contributed by atoms with Crippen LogP contribution in [0.4, 0.5) is 0 Å². The molecule has 0 aromatic heterocycles. The first-order chi connectivity index (χ1) is 23.2. The highest BCUT2D eigenvalue weighted by Crippen LogP contribution is 2.43. The first-order valence-corrected chi connectivity index (χ1v) is 17.3. The monoisotopic (exact) mass is 695 g/mol. The smallest absolute Gasteiger partial charge is 0.256 e. The van der Waals surface area contributed by atoms with Gasteiger partial charge in [0.25, 0.3) is 5.91 Å². The number of carbonyl (C=O) groups is 2. The minimum absolute atomic E-state index is 0.0944. The van der Waals surface area contributed by atoms with Crippen molar-refractivity contribution < 1.29 is 28.5 Å². The Hall–Kier alpha value is -3.50. The van der Waals surface area contributed by atoms with Gasteiger partial charge < -0.3 is 33.6 Å². The van der Waals surface area contributed by atoms with Crippen molar-refractivity contribution in [3.05, 3.63) is 87.4 Å². The molecule has 0 saturated carbocycles. The zero-order valence-corrected chi connectivity index (χ0v) is 29.3. The molecule has 48 heavy (non-hydrogen) atoms. The molecule has 0 radical (unpaired) electrons. The predicted molar refractivity (Wildman–Crippen MR) is 185 cm³/mol. The van der Waals surface area contributed by atoms with Gasteiger partial charge >= 0.3 is 0 Å². The van der Waals surface area contributed by atoms with E-state index in [9.17, 15) is 9.59 Å². The van der Waals surface area contributed by atoms with Crippen LogP contribution in [0.1, 0.15) is 53.6 Å². The van der Waals surface area contributed by atoms with Crippen molar-refractivity contribution in [1.82, 2.24) is 14.7 Å². The molecule has 3 fully saturated rings. The third kappa shape index (κ3) is 6.58. The number of ether oxygens (including phenoxy) is 4. The number of carbonyl (C=O) groups excluding carboxylic acids is 2. The molecule has 3 aromatic rings. The fourth-order valence-electron chi connectivity index (χ4n) is 7.47. The number of likely N-dealkylation sites (tertiary alicyclic amines) is 2. The zero-order chi connectivity index (χ0) is 33.9. The Kier molecular flexibility index (Phi) is 10.4. The molecule has 6 rings (SSSR count). The van der Waals surface area contributed by atoms with Gasteiger partial charge in [0.2, 0.25) is 11.7 Å². The van der Waals surface area contributed by atoms with Gasteiger partial charge in [-0.3, -0.25) is 9.59 Å². The summed E-state index contributed by atoms with van der Waals surface area (Å²) in [5.41, 5.74) is 1.03. The topological polar surface area (TPSA) is 80.8 Å². The van der Waals surface area contributed by atoms with E-state index in [1.54, 1.807) is 23.1 Å². The van der Waals surface area contributed by atoms with Crippen LogP contribution in [0.5, 0.6) is 17.2 Å². The zero-order valence-electron chi connectivity index (χ0n) is 27.8. The Balaban J connectivity index is 1.21. The molecule has 0 spiro atoms. The van der Waals surface area contributed by atoms with Crippen molar-refractivity contribution in [2.45, 2.75) is 43.1 Å². The molecule has 3 aromatic carbocycles. The van der Waals surface area contributed by atoms with E-state index < -0.39 is 11.0 Å². The van der Waals surface area contributed by atoms with Crippen LogP contribution in [0.25, 0.3) is 0 Å². The predicted octanol–water partition coefficient (Wildman–Crippen LogP) is 6.39. The number of piperidine rings is 1. The van der Waals surface area contributed by atoms with Gasteiger partial charge in [0.1, 0.15) is 12.3 Å².